The van der Waals surface area contributed by atoms with E-state index in [1.54, 1.807) is 0 Å². The summed E-state index contributed by atoms with van der Waals surface area (Å²) in [7, 11) is 0. The zero-order valence-corrected chi connectivity index (χ0v) is 36.5. The first kappa shape index (κ1) is 52.4. The zero-order valence-electron chi connectivity index (χ0n) is 36.5. The van der Waals surface area contributed by atoms with Gasteiger partial charge in [0.1, 0.15) is 13.2 Å². The maximum Gasteiger partial charge on any atom is 0.306 e. The summed E-state index contributed by atoms with van der Waals surface area (Å²) in [5.41, 5.74) is 0. The van der Waals surface area contributed by atoms with E-state index in [-0.39, 0.29) is 31.1 Å². The first-order valence-electron chi connectivity index (χ1n) is 24.0. The summed E-state index contributed by atoms with van der Waals surface area (Å²) in [6, 6.07) is 0. The van der Waals surface area contributed by atoms with Gasteiger partial charge in [-0.25, -0.2) is 0 Å². The SMILES string of the molecule is CCCCCCCCCCCCCCCCCCCC(=O)O[C@@H](COC(=O)CCCCCCC)COC(=O)CCCCCCCCCCCCCCCC. The summed E-state index contributed by atoms with van der Waals surface area (Å²) in [6.45, 7) is 6.59. The van der Waals surface area contributed by atoms with Crippen LogP contribution in [0.15, 0.2) is 0 Å². The number of hydrogen-bond acceptors (Lipinski definition) is 6. The molecule has 6 nitrogen and oxygen atoms in total. The Labute approximate surface area is 336 Å². The van der Waals surface area contributed by atoms with Gasteiger partial charge in [-0.2, -0.15) is 0 Å². The third kappa shape index (κ3) is 41.6. The molecule has 0 aromatic rings. The second-order valence-corrected chi connectivity index (χ2v) is 16.4. The lowest BCUT2D eigenvalue weighted by Gasteiger charge is -2.18. The molecule has 0 N–H and O–H groups in total. The maximum absolute atomic E-state index is 12.7. The van der Waals surface area contributed by atoms with Crippen LogP contribution in [0.4, 0.5) is 0 Å². The summed E-state index contributed by atoms with van der Waals surface area (Å²) in [4.78, 5) is 37.5. The van der Waals surface area contributed by atoms with Crippen molar-refractivity contribution < 1.29 is 28.6 Å². The van der Waals surface area contributed by atoms with E-state index in [9.17, 15) is 14.4 Å². The Morgan fingerprint density at radius 1 is 0.296 bits per heavy atom. The molecule has 0 aliphatic heterocycles. The molecule has 0 bridgehead atoms. The molecule has 0 aliphatic carbocycles. The van der Waals surface area contributed by atoms with Gasteiger partial charge in [-0.05, 0) is 19.3 Å². The van der Waals surface area contributed by atoms with Crippen molar-refractivity contribution in [2.75, 3.05) is 13.2 Å². The summed E-state index contributed by atoms with van der Waals surface area (Å²) < 4.78 is 16.6. The van der Waals surface area contributed by atoms with Crippen LogP contribution < -0.4 is 0 Å². The van der Waals surface area contributed by atoms with E-state index in [1.807, 2.05) is 0 Å². The highest BCUT2D eigenvalue weighted by atomic mass is 16.6. The lowest BCUT2D eigenvalue weighted by atomic mass is 10.0. The molecular formula is C48H92O6. The molecule has 0 aliphatic rings. The Morgan fingerprint density at radius 3 is 0.741 bits per heavy atom. The minimum absolute atomic E-state index is 0.0635. The fourth-order valence-electron chi connectivity index (χ4n) is 7.21. The van der Waals surface area contributed by atoms with Crippen LogP contribution in [0.25, 0.3) is 0 Å². The Kier molecular flexibility index (Phi) is 42.8. The van der Waals surface area contributed by atoms with Crippen LogP contribution in [0.2, 0.25) is 0 Å². The fraction of sp³-hybridized carbons (Fsp3) is 0.938. The van der Waals surface area contributed by atoms with Gasteiger partial charge in [0.05, 0.1) is 0 Å². The van der Waals surface area contributed by atoms with Crippen LogP contribution in [-0.2, 0) is 28.6 Å². The number of unbranched alkanes of at least 4 members (excludes halogenated alkanes) is 33. The van der Waals surface area contributed by atoms with Crippen molar-refractivity contribution in [3.05, 3.63) is 0 Å². The first-order chi connectivity index (χ1) is 26.5. The minimum atomic E-state index is -0.757. The van der Waals surface area contributed by atoms with Gasteiger partial charge in [0, 0.05) is 19.3 Å². The second-order valence-electron chi connectivity index (χ2n) is 16.4. The fourth-order valence-corrected chi connectivity index (χ4v) is 7.21. The van der Waals surface area contributed by atoms with Gasteiger partial charge < -0.3 is 14.2 Å². The average molecular weight is 765 g/mol. The molecule has 0 saturated heterocycles. The monoisotopic (exact) mass is 765 g/mol. The highest BCUT2D eigenvalue weighted by molar-refractivity contribution is 5.71. The van der Waals surface area contributed by atoms with Crippen LogP contribution in [-0.4, -0.2) is 37.2 Å². The molecule has 0 saturated carbocycles. The molecule has 6 heteroatoms. The Bertz CT molecular complexity index is 798. The number of carbonyl (C=O) groups is 3. The van der Waals surface area contributed by atoms with Crippen molar-refractivity contribution in [3.8, 4) is 0 Å². The number of rotatable bonds is 44. The zero-order chi connectivity index (χ0) is 39.4. The van der Waals surface area contributed by atoms with Crippen molar-refractivity contribution >= 4 is 17.9 Å². The molecule has 0 amide bonds. The number of esters is 3. The maximum atomic E-state index is 12.7. The molecule has 0 fully saturated rings. The summed E-state index contributed by atoms with van der Waals surface area (Å²) in [5, 5.41) is 0. The van der Waals surface area contributed by atoms with Gasteiger partial charge in [0.2, 0.25) is 0 Å². The molecule has 0 aromatic heterocycles. The molecule has 54 heavy (non-hydrogen) atoms. The predicted octanol–water partition coefficient (Wildman–Crippen LogP) is 15.3. The topological polar surface area (TPSA) is 78.9 Å². The predicted molar refractivity (Wildman–Crippen MR) is 229 cm³/mol. The summed E-state index contributed by atoms with van der Waals surface area (Å²) in [6.07, 6.45) is 45.4. The Hall–Kier alpha value is -1.59. The van der Waals surface area contributed by atoms with Crippen LogP contribution >= 0.6 is 0 Å². The lowest BCUT2D eigenvalue weighted by Crippen LogP contribution is -2.30. The molecule has 0 heterocycles. The molecular weight excluding hydrogens is 673 g/mol. The van der Waals surface area contributed by atoms with Crippen molar-refractivity contribution in [2.45, 2.75) is 277 Å². The van der Waals surface area contributed by atoms with Gasteiger partial charge in [0.15, 0.2) is 6.10 Å². The number of hydrogen-bond donors (Lipinski definition) is 0. The van der Waals surface area contributed by atoms with Gasteiger partial charge in [-0.15, -0.1) is 0 Å². The molecule has 0 unspecified atom stereocenters. The second kappa shape index (κ2) is 44.1. The largest absolute Gasteiger partial charge is 0.462 e. The molecule has 0 aromatic carbocycles. The van der Waals surface area contributed by atoms with E-state index >= 15 is 0 Å². The number of ether oxygens (including phenoxy) is 3. The smallest absolute Gasteiger partial charge is 0.306 e. The first-order valence-corrected chi connectivity index (χ1v) is 24.0. The molecule has 0 spiro atoms. The van der Waals surface area contributed by atoms with Crippen LogP contribution in [0, 0.1) is 0 Å². The lowest BCUT2D eigenvalue weighted by molar-refractivity contribution is -0.167. The standard InChI is InChI=1S/C48H92O6/c1-4-7-10-13-15-17-19-21-23-24-25-27-29-31-33-36-39-42-48(51)54-45(43-52-46(49)40-37-34-12-9-6-3)44-53-47(50)41-38-35-32-30-28-26-22-20-18-16-14-11-8-5-2/h45H,4-44H2,1-3H3/t45-/m0/s1. The van der Waals surface area contributed by atoms with Gasteiger partial charge >= 0.3 is 17.9 Å². The van der Waals surface area contributed by atoms with Crippen molar-refractivity contribution in [1.29, 1.82) is 0 Å². The van der Waals surface area contributed by atoms with E-state index in [1.165, 1.54) is 167 Å². The Morgan fingerprint density at radius 2 is 0.500 bits per heavy atom. The van der Waals surface area contributed by atoms with Crippen molar-refractivity contribution in [3.63, 3.8) is 0 Å². The number of carbonyl (C=O) groups excluding carboxylic acids is 3. The van der Waals surface area contributed by atoms with Gasteiger partial charge in [-0.3, -0.25) is 14.4 Å². The van der Waals surface area contributed by atoms with Crippen LogP contribution in [0.3, 0.4) is 0 Å². The van der Waals surface area contributed by atoms with Crippen LogP contribution in [0.1, 0.15) is 271 Å². The van der Waals surface area contributed by atoms with Gasteiger partial charge in [0.25, 0.3) is 0 Å². The Balaban J connectivity index is 4.14. The highest BCUT2D eigenvalue weighted by Gasteiger charge is 2.19. The third-order valence-corrected chi connectivity index (χ3v) is 10.9. The van der Waals surface area contributed by atoms with E-state index in [0.717, 1.165) is 64.2 Å². The average Bonchev–Trinajstić information content (AvgIpc) is 3.17. The molecule has 320 valence electrons. The highest BCUT2D eigenvalue weighted by Crippen LogP contribution is 2.16. The van der Waals surface area contributed by atoms with E-state index in [0.29, 0.717) is 19.3 Å². The normalized spacial score (nSPS) is 11.8. The quantitative estimate of drug-likeness (QED) is 0.0349. The molecule has 1 atom stereocenters. The summed E-state index contributed by atoms with van der Waals surface area (Å²) >= 11 is 0. The third-order valence-electron chi connectivity index (χ3n) is 10.9. The minimum Gasteiger partial charge on any atom is -0.462 e. The van der Waals surface area contributed by atoms with E-state index in [4.69, 9.17) is 14.2 Å². The van der Waals surface area contributed by atoms with Gasteiger partial charge in [-0.1, -0.05) is 233 Å². The summed E-state index contributed by atoms with van der Waals surface area (Å²) in [5.74, 6) is -0.862. The molecule has 0 rings (SSSR count). The van der Waals surface area contributed by atoms with E-state index < -0.39 is 6.10 Å². The van der Waals surface area contributed by atoms with Crippen molar-refractivity contribution in [1.82, 2.24) is 0 Å². The van der Waals surface area contributed by atoms with Crippen LogP contribution in [0.5, 0.6) is 0 Å². The van der Waals surface area contributed by atoms with E-state index in [2.05, 4.69) is 20.8 Å². The van der Waals surface area contributed by atoms with Crippen molar-refractivity contribution in [2.24, 2.45) is 0 Å². The molecule has 0 radical (unpaired) electrons.